The minimum atomic E-state index is -1.31. The van der Waals surface area contributed by atoms with E-state index in [4.69, 9.17) is 4.74 Å². The van der Waals surface area contributed by atoms with Crippen molar-refractivity contribution in [2.75, 3.05) is 7.11 Å². The van der Waals surface area contributed by atoms with Gasteiger partial charge in [0.1, 0.15) is 5.54 Å². The van der Waals surface area contributed by atoms with Crippen LogP contribution in [0.3, 0.4) is 0 Å². The molecule has 2 atom stereocenters. The molecule has 1 aliphatic carbocycles. The highest BCUT2D eigenvalue weighted by atomic mass is 16.5. The predicted molar refractivity (Wildman–Crippen MR) is 127 cm³/mol. The molecular formula is C27H28N2O4. The summed E-state index contributed by atoms with van der Waals surface area (Å²) < 4.78 is 6.88. The summed E-state index contributed by atoms with van der Waals surface area (Å²) in [5.41, 5.74) is 2.98. The summed E-state index contributed by atoms with van der Waals surface area (Å²) in [7, 11) is 1.34. The fourth-order valence-corrected chi connectivity index (χ4v) is 4.91. The summed E-state index contributed by atoms with van der Waals surface area (Å²) in [5, 5.41) is 3.94. The second-order valence-corrected chi connectivity index (χ2v) is 8.77. The van der Waals surface area contributed by atoms with Crippen LogP contribution in [0.25, 0.3) is 10.9 Å². The Morgan fingerprint density at radius 2 is 1.67 bits per heavy atom. The number of benzene rings is 2. The van der Waals surface area contributed by atoms with Crippen molar-refractivity contribution < 1.29 is 19.1 Å². The predicted octanol–water partition coefficient (Wildman–Crippen LogP) is 4.86. The second-order valence-electron chi connectivity index (χ2n) is 8.77. The first-order valence-corrected chi connectivity index (χ1v) is 11.0. The maximum Gasteiger partial charge on any atom is 0.332 e. The molecule has 1 aromatic heterocycles. The molecule has 170 valence electrons. The average Bonchev–Trinajstić information content (AvgIpc) is 3.21. The smallest absolute Gasteiger partial charge is 0.332 e. The Hall–Kier alpha value is -3.67. The number of allylic oxidation sites excluding steroid dienone is 1. The van der Waals surface area contributed by atoms with Crippen molar-refractivity contribution in [1.82, 2.24) is 9.88 Å². The van der Waals surface area contributed by atoms with Crippen LogP contribution in [0.4, 0.5) is 0 Å². The lowest BCUT2D eigenvalue weighted by Gasteiger charge is -2.43. The molecule has 0 saturated carbocycles. The molecule has 0 bridgehead atoms. The van der Waals surface area contributed by atoms with Crippen LogP contribution in [0.15, 0.2) is 71.9 Å². The lowest BCUT2D eigenvalue weighted by atomic mass is 9.67. The van der Waals surface area contributed by atoms with Gasteiger partial charge in [-0.15, -0.1) is 0 Å². The van der Waals surface area contributed by atoms with E-state index in [1.54, 1.807) is 35.0 Å². The Kier molecular flexibility index (Phi) is 5.93. The number of carbonyl (C=O) groups is 3. The molecule has 2 aromatic carbocycles. The van der Waals surface area contributed by atoms with Gasteiger partial charge >= 0.3 is 5.97 Å². The van der Waals surface area contributed by atoms with Gasteiger partial charge in [-0.2, -0.15) is 0 Å². The Morgan fingerprint density at radius 3 is 2.33 bits per heavy atom. The van der Waals surface area contributed by atoms with Crippen molar-refractivity contribution in [2.45, 2.75) is 45.1 Å². The molecule has 6 nitrogen and oxygen atoms in total. The van der Waals surface area contributed by atoms with Gasteiger partial charge in [0.15, 0.2) is 0 Å². The van der Waals surface area contributed by atoms with Crippen LogP contribution in [-0.2, 0) is 9.53 Å². The number of carbonyl (C=O) groups excluding carboxylic acids is 3. The van der Waals surface area contributed by atoms with Crippen LogP contribution in [0.5, 0.6) is 0 Å². The number of ether oxygens (including phenoxy) is 1. The van der Waals surface area contributed by atoms with E-state index in [9.17, 15) is 14.4 Å². The molecule has 1 heterocycles. The molecule has 1 N–H and O–H groups in total. The SMILES string of the molecule is COC(=O)[C@@]1(NC(=O)c2ccccc2)CC(C)=C(C)C[C@@H]1c1cn(C(C)=O)c2ccccc12. The number of nitrogens with one attached hydrogen (secondary N) is 1. The van der Waals surface area contributed by atoms with Crippen molar-refractivity contribution in [2.24, 2.45) is 0 Å². The van der Waals surface area contributed by atoms with E-state index in [1.807, 2.05) is 44.2 Å². The largest absolute Gasteiger partial charge is 0.467 e. The maximum atomic E-state index is 13.4. The van der Waals surface area contributed by atoms with Gasteiger partial charge in [-0.25, -0.2) is 4.79 Å². The number of esters is 1. The first kappa shape index (κ1) is 22.5. The number of nitrogens with zero attached hydrogens (tertiary/aromatic N) is 1. The third-order valence-corrected chi connectivity index (χ3v) is 6.76. The summed E-state index contributed by atoms with van der Waals surface area (Å²) in [6.45, 7) is 5.54. The monoisotopic (exact) mass is 444 g/mol. The molecule has 1 amide bonds. The fourth-order valence-electron chi connectivity index (χ4n) is 4.91. The quantitative estimate of drug-likeness (QED) is 0.461. The van der Waals surface area contributed by atoms with Crippen LogP contribution in [0.2, 0.25) is 0 Å². The average molecular weight is 445 g/mol. The van der Waals surface area contributed by atoms with Crippen molar-refractivity contribution in [3.63, 3.8) is 0 Å². The minimum absolute atomic E-state index is 0.117. The van der Waals surface area contributed by atoms with E-state index < -0.39 is 17.4 Å². The first-order chi connectivity index (χ1) is 15.8. The zero-order valence-electron chi connectivity index (χ0n) is 19.3. The zero-order valence-corrected chi connectivity index (χ0v) is 19.3. The van der Waals surface area contributed by atoms with E-state index in [0.29, 0.717) is 18.4 Å². The number of rotatable bonds is 4. The highest BCUT2D eigenvalue weighted by molar-refractivity contribution is 6.00. The topological polar surface area (TPSA) is 77.4 Å². The van der Waals surface area contributed by atoms with Gasteiger partial charge in [-0.1, -0.05) is 47.5 Å². The van der Waals surface area contributed by atoms with Gasteiger partial charge in [0, 0.05) is 36.4 Å². The van der Waals surface area contributed by atoms with E-state index in [1.165, 1.54) is 14.0 Å². The van der Waals surface area contributed by atoms with Crippen molar-refractivity contribution in [1.29, 1.82) is 0 Å². The van der Waals surface area contributed by atoms with Gasteiger partial charge in [0.25, 0.3) is 5.91 Å². The van der Waals surface area contributed by atoms with E-state index in [0.717, 1.165) is 27.6 Å². The molecular weight excluding hydrogens is 416 g/mol. The van der Waals surface area contributed by atoms with Crippen LogP contribution >= 0.6 is 0 Å². The molecule has 0 saturated heterocycles. The van der Waals surface area contributed by atoms with Gasteiger partial charge in [0.2, 0.25) is 5.91 Å². The third kappa shape index (κ3) is 3.86. The molecule has 0 fully saturated rings. The van der Waals surface area contributed by atoms with Gasteiger partial charge < -0.3 is 10.1 Å². The summed E-state index contributed by atoms with van der Waals surface area (Å²) >= 11 is 0. The third-order valence-electron chi connectivity index (χ3n) is 6.76. The van der Waals surface area contributed by atoms with Gasteiger partial charge in [-0.3, -0.25) is 14.2 Å². The summed E-state index contributed by atoms with van der Waals surface area (Å²) in [6.07, 6.45) is 2.69. The Morgan fingerprint density at radius 1 is 1.00 bits per heavy atom. The standard InChI is InChI=1S/C27H28N2O4/c1-17-14-23(22-16-29(19(3)30)24-13-9-8-12-21(22)24)27(15-18(17)2,26(32)33-4)28-25(31)20-10-6-5-7-11-20/h5-13,16,23H,14-15H2,1-4H3,(H,28,31)/t23-,27-/m1/s1. The lowest BCUT2D eigenvalue weighted by Crippen LogP contribution is -2.60. The molecule has 6 heteroatoms. The molecule has 0 aliphatic heterocycles. The van der Waals surface area contributed by atoms with Crippen LogP contribution in [0.1, 0.15) is 60.2 Å². The number of fused-ring (bicyclic) bond motifs is 1. The molecule has 4 rings (SSSR count). The highest BCUT2D eigenvalue weighted by Crippen LogP contribution is 2.46. The number of amides is 1. The van der Waals surface area contributed by atoms with Crippen molar-refractivity contribution in [3.8, 4) is 0 Å². The molecule has 0 unspecified atom stereocenters. The minimum Gasteiger partial charge on any atom is -0.467 e. The fraction of sp³-hybridized carbons (Fsp3) is 0.296. The molecule has 33 heavy (non-hydrogen) atoms. The Bertz CT molecular complexity index is 1270. The van der Waals surface area contributed by atoms with Crippen molar-refractivity contribution >= 4 is 28.7 Å². The van der Waals surface area contributed by atoms with E-state index in [2.05, 4.69) is 5.32 Å². The van der Waals surface area contributed by atoms with Crippen LogP contribution in [0, 0.1) is 0 Å². The van der Waals surface area contributed by atoms with E-state index in [-0.39, 0.29) is 11.8 Å². The Labute approximate surface area is 193 Å². The van der Waals surface area contributed by atoms with Crippen molar-refractivity contribution in [3.05, 3.63) is 83.1 Å². The number of aromatic nitrogens is 1. The summed E-state index contributed by atoms with van der Waals surface area (Å²) in [4.78, 5) is 39.1. The zero-order chi connectivity index (χ0) is 23.8. The molecule has 1 aliphatic rings. The molecule has 0 spiro atoms. The van der Waals surface area contributed by atoms with Crippen LogP contribution in [-0.4, -0.2) is 35.0 Å². The highest BCUT2D eigenvalue weighted by Gasteiger charge is 2.51. The number of hydrogen-bond acceptors (Lipinski definition) is 4. The van der Waals surface area contributed by atoms with Gasteiger partial charge in [-0.05, 0) is 44.0 Å². The molecule has 0 radical (unpaired) electrons. The lowest BCUT2D eigenvalue weighted by molar-refractivity contribution is -0.149. The normalized spacial score (nSPS) is 20.5. The van der Waals surface area contributed by atoms with E-state index >= 15 is 0 Å². The first-order valence-electron chi connectivity index (χ1n) is 11.0. The molecule has 3 aromatic rings. The van der Waals surface area contributed by atoms with Gasteiger partial charge in [0.05, 0.1) is 12.6 Å². The second kappa shape index (κ2) is 8.70. The maximum absolute atomic E-state index is 13.4. The number of para-hydroxylation sites is 1. The summed E-state index contributed by atoms with van der Waals surface area (Å²) in [5.74, 6) is -1.36. The summed E-state index contributed by atoms with van der Waals surface area (Å²) in [6, 6.07) is 16.5. The number of methoxy groups -OCH3 is 1. The van der Waals surface area contributed by atoms with Crippen LogP contribution < -0.4 is 5.32 Å². The Balaban J connectivity index is 1.93. The number of hydrogen-bond donors (Lipinski definition) is 1.